The van der Waals surface area contributed by atoms with E-state index < -0.39 is 67.4 Å². The Bertz CT molecular complexity index is 1960. The van der Waals surface area contributed by atoms with Gasteiger partial charge in [-0.15, -0.1) is 0 Å². The molecule has 8 unspecified atom stereocenters. The molecule has 4 heterocycles. The number of benzene rings is 3. The Labute approximate surface area is 290 Å². The summed E-state index contributed by atoms with van der Waals surface area (Å²) in [6, 6.07) is 14.8. The topological polar surface area (TPSA) is 247 Å². The van der Waals surface area contributed by atoms with Gasteiger partial charge in [-0.1, -0.05) is 24.3 Å². The van der Waals surface area contributed by atoms with Crippen LogP contribution in [0.1, 0.15) is 29.6 Å². The molecule has 0 spiro atoms. The van der Waals surface area contributed by atoms with Crippen LogP contribution in [0.5, 0.6) is 28.7 Å². The van der Waals surface area contributed by atoms with E-state index in [0.29, 0.717) is 28.6 Å². The van der Waals surface area contributed by atoms with Gasteiger partial charge in [0.2, 0.25) is 12.0 Å². The fourth-order valence-electron chi connectivity index (χ4n) is 6.97. The van der Waals surface area contributed by atoms with Crippen LogP contribution in [-0.4, -0.2) is 101 Å². The first-order valence-corrected chi connectivity index (χ1v) is 16.1. The van der Waals surface area contributed by atoms with E-state index in [4.69, 9.17) is 49.7 Å². The lowest BCUT2D eigenvalue weighted by molar-refractivity contribution is -0.291. The van der Waals surface area contributed by atoms with Crippen molar-refractivity contribution < 1.29 is 63.2 Å². The summed E-state index contributed by atoms with van der Waals surface area (Å²) in [5, 5.41) is 42.5. The lowest BCUT2D eigenvalue weighted by Gasteiger charge is -2.43. The number of ether oxygens (including phenoxy) is 7. The van der Waals surface area contributed by atoms with Gasteiger partial charge in [0, 0.05) is 39.9 Å². The molecule has 0 saturated carbocycles. The van der Waals surface area contributed by atoms with Crippen molar-refractivity contribution in [1.29, 1.82) is 0 Å². The zero-order valence-corrected chi connectivity index (χ0v) is 27.4. The van der Waals surface area contributed by atoms with E-state index >= 15 is 0 Å². The summed E-state index contributed by atoms with van der Waals surface area (Å²) in [4.78, 5) is 26.5. The number of carboxylic acids is 1. The SMILES string of the molecule is COc1ccc2c(c1OC)OC1c3c(cc(OC4OC(C(OC(=O)CC(=O)O)C(N)N)C(O)C(O)C4O)cc3-c3c[nH]c4ccccc34)OCC21. The van der Waals surface area contributed by atoms with E-state index in [-0.39, 0.29) is 18.3 Å². The van der Waals surface area contributed by atoms with Gasteiger partial charge in [-0.05, 0) is 23.8 Å². The minimum Gasteiger partial charge on any atom is -0.493 e. The molecule has 51 heavy (non-hydrogen) atoms. The molecule has 9 N–H and O–H groups in total. The molecule has 0 amide bonds. The molecule has 3 aliphatic heterocycles. The molecule has 1 fully saturated rings. The molecule has 3 aromatic carbocycles. The average Bonchev–Trinajstić information content (AvgIpc) is 3.71. The number of H-pyrrole nitrogens is 1. The van der Waals surface area contributed by atoms with Gasteiger partial charge in [0.15, 0.2) is 17.6 Å². The number of aliphatic carboxylic acids is 1. The number of nitrogens with two attached hydrogens (primary N) is 2. The molecule has 270 valence electrons. The van der Waals surface area contributed by atoms with Gasteiger partial charge in [-0.25, -0.2) is 0 Å². The van der Waals surface area contributed by atoms with E-state index in [9.17, 15) is 24.9 Å². The Hall–Kier alpha value is -5.10. The number of nitrogens with one attached hydrogen (secondary N) is 1. The molecule has 4 aromatic rings. The molecule has 8 atom stereocenters. The van der Waals surface area contributed by atoms with Crippen molar-refractivity contribution in [2.24, 2.45) is 11.5 Å². The Morgan fingerprint density at radius 3 is 2.51 bits per heavy atom. The van der Waals surface area contributed by atoms with E-state index in [0.717, 1.165) is 27.6 Å². The highest BCUT2D eigenvalue weighted by Gasteiger charge is 2.51. The first-order chi connectivity index (χ1) is 24.5. The number of carbonyl (C=O) groups excluding carboxylic acids is 1. The summed E-state index contributed by atoms with van der Waals surface area (Å²) in [5.41, 5.74) is 15.6. The number of esters is 1. The summed E-state index contributed by atoms with van der Waals surface area (Å²) in [5.74, 6) is -0.797. The van der Waals surface area contributed by atoms with Crippen LogP contribution in [0.2, 0.25) is 0 Å². The van der Waals surface area contributed by atoms with Crippen LogP contribution in [-0.2, 0) is 19.1 Å². The predicted molar refractivity (Wildman–Crippen MR) is 176 cm³/mol. The first-order valence-electron chi connectivity index (χ1n) is 16.1. The summed E-state index contributed by atoms with van der Waals surface area (Å²) >= 11 is 0. The van der Waals surface area contributed by atoms with Gasteiger partial charge in [0.1, 0.15) is 48.4 Å². The summed E-state index contributed by atoms with van der Waals surface area (Å²) in [6.45, 7) is 0.240. The standard InChI is InChI=1S/C35H37N3O13/c1-45-21-8-7-16-19-13-47-22-10-14(48-35-28(44)26(42)27(43)32(51-35)33(34(36)37)49-24(41)11-23(39)40)9-17(18-12-38-20-6-4-3-5-15(18)20)25(22)29(19)50-30(16)31(21)46-2/h3-10,12,19,26-29,32-35,38,42-44H,11,13,36-37H2,1-2H3,(H,39,40). The number of aliphatic hydroxyl groups excluding tert-OH is 3. The number of fused-ring (bicyclic) bond motifs is 6. The van der Waals surface area contributed by atoms with Crippen molar-refractivity contribution in [3.8, 4) is 39.9 Å². The highest BCUT2D eigenvalue weighted by Crippen LogP contribution is 2.58. The molecule has 16 heteroatoms. The van der Waals surface area contributed by atoms with Crippen LogP contribution < -0.4 is 35.2 Å². The van der Waals surface area contributed by atoms with Gasteiger partial charge < -0.3 is 70.0 Å². The molecule has 1 saturated heterocycles. The van der Waals surface area contributed by atoms with Crippen molar-refractivity contribution in [3.05, 3.63) is 65.9 Å². The van der Waals surface area contributed by atoms with Crippen molar-refractivity contribution in [3.63, 3.8) is 0 Å². The number of aromatic nitrogens is 1. The van der Waals surface area contributed by atoms with Crippen molar-refractivity contribution in [2.75, 3.05) is 20.8 Å². The molecule has 0 radical (unpaired) electrons. The van der Waals surface area contributed by atoms with Crippen molar-refractivity contribution >= 4 is 22.8 Å². The number of hydrogen-bond acceptors (Lipinski definition) is 14. The van der Waals surface area contributed by atoms with E-state index in [1.807, 2.05) is 42.6 Å². The summed E-state index contributed by atoms with van der Waals surface area (Å²) < 4.78 is 41.3. The molecular weight excluding hydrogens is 670 g/mol. The number of carbonyl (C=O) groups is 2. The molecular formula is C35H37N3O13. The van der Waals surface area contributed by atoms with Crippen LogP contribution in [0, 0.1) is 0 Å². The Morgan fingerprint density at radius 1 is 1.00 bits per heavy atom. The Morgan fingerprint density at radius 2 is 1.78 bits per heavy atom. The maximum Gasteiger partial charge on any atom is 0.317 e. The molecule has 1 aromatic heterocycles. The van der Waals surface area contributed by atoms with Crippen LogP contribution in [0.3, 0.4) is 0 Å². The number of methoxy groups -OCH3 is 2. The molecule has 16 nitrogen and oxygen atoms in total. The largest absolute Gasteiger partial charge is 0.493 e. The highest BCUT2D eigenvalue weighted by atomic mass is 16.7. The zero-order chi connectivity index (χ0) is 36.1. The van der Waals surface area contributed by atoms with Crippen LogP contribution >= 0.6 is 0 Å². The zero-order valence-electron chi connectivity index (χ0n) is 27.4. The summed E-state index contributed by atoms with van der Waals surface area (Å²) in [7, 11) is 3.09. The van der Waals surface area contributed by atoms with Crippen LogP contribution in [0.25, 0.3) is 22.0 Å². The lowest BCUT2D eigenvalue weighted by atomic mass is 9.85. The van der Waals surface area contributed by atoms with E-state index in [2.05, 4.69) is 4.98 Å². The molecule has 7 rings (SSSR count). The second-order valence-electron chi connectivity index (χ2n) is 12.5. The third kappa shape index (κ3) is 6.05. The van der Waals surface area contributed by atoms with E-state index in [1.54, 1.807) is 26.4 Å². The molecule has 3 aliphatic rings. The number of aliphatic hydroxyl groups is 3. The van der Waals surface area contributed by atoms with Crippen LogP contribution in [0.4, 0.5) is 0 Å². The van der Waals surface area contributed by atoms with Gasteiger partial charge in [0.25, 0.3) is 0 Å². The minimum absolute atomic E-state index is 0.144. The summed E-state index contributed by atoms with van der Waals surface area (Å²) in [6.07, 6.45) is -11.6. The maximum absolute atomic E-state index is 12.2. The first kappa shape index (κ1) is 34.4. The van der Waals surface area contributed by atoms with Gasteiger partial charge in [-0.2, -0.15) is 0 Å². The second kappa shape index (κ2) is 13.6. The fraction of sp³-hybridized carbons (Fsp3) is 0.371. The third-order valence-electron chi connectivity index (χ3n) is 9.36. The lowest BCUT2D eigenvalue weighted by Crippen LogP contribution is -2.66. The van der Waals surface area contributed by atoms with Gasteiger partial charge in [0.05, 0.1) is 32.9 Å². The normalized spacial score (nSPS) is 25.5. The number of hydrogen-bond donors (Lipinski definition) is 7. The number of aromatic amines is 1. The van der Waals surface area contributed by atoms with Crippen LogP contribution in [0.15, 0.2) is 54.7 Å². The predicted octanol–water partition coefficient (Wildman–Crippen LogP) is 1.28. The second-order valence-corrected chi connectivity index (χ2v) is 12.5. The Kier molecular flexibility index (Phi) is 9.13. The van der Waals surface area contributed by atoms with Crippen molar-refractivity contribution in [1.82, 2.24) is 4.98 Å². The molecule has 0 bridgehead atoms. The molecule has 0 aliphatic carbocycles. The third-order valence-corrected chi connectivity index (χ3v) is 9.36. The van der Waals surface area contributed by atoms with E-state index in [1.165, 1.54) is 0 Å². The van der Waals surface area contributed by atoms with Gasteiger partial charge >= 0.3 is 11.9 Å². The minimum atomic E-state index is -1.87. The Balaban J connectivity index is 1.27. The monoisotopic (exact) mass is 707 g/mol. The number of rotatable bonds is 10. The smallest absolute Gasteiger partial charge is 0.317 e. The van der Waals surface area contributed by atoms with Gasteiger partial charge in [-0.3, -0.25) is 9.59 Å². The number of carboxylic acid groups (broad SMARTS) is 1. The quantitative estimate of drug-likeness (QED) is 0.0697. The van der Waals surface area contributed by atoms with Crippen molar-refractivity contribution in [2.45, 2.75) is 61.4 Å². The maximum atomic E-state index is 12.2. The average molecular weight is 708 g/mol. The highest BCUT2D eigenvalue weighted by molar-refractivity contribution is 5.97. The number of para-hydroxylation sites is 1. The fourth-order valence-corrected chi connectivity index (χ4v) is 6.97.